The topological polar surface area (TPSA) is 41.1 Å². The highest BCUT2D eigenvalue weighted by Crippen LogP contribution is 2.16. The highest BCUT2D eigenvalue weighted by Gasteiger charge is 2.21. The lowest BCUT2D eigenvalue weighted by atomic mass is 9.96. The van der Waals surface area contributed by atoms with Crippen molar-refractivity contribution < 1.29 is 4.79 Å². The number of rotatable bonds is 5. The minimum atomic E-state index is 0. The van der Waals surface area contributed by atoms with Crippen LogP contribution in [-0.2, 0) is 11.2 Å². The molecule has 1 aromatic rings. The molecule has 124 valence electrons. The second kappa shape index (κ2) is 9.16. The molecule has 1 aromatic carbocycles. The number of carbonyl (C=O) groups is 1. The number of piperidine rings is 1. The second-order valence-electron chi connectivity index (χ2n) is 6.53. The number of nitrogens with one attached hydrogen (secondary N) is 2. The van der Waals surface area contributed by atoms with Gasteiger partial charge in [-0.1, -0.05) is 38.1 Å². The zero-order valence-corrected chi connectivity index (χ0v) is 14.7. The summed E-state index contributed by atoms with van der Waals surface area (Å²) < 4.78 is 0. The van der Waals surface area contributed by atoms with Crippen LogP contribution < -0.4 is 10.6 Å². The van der Waals surface area contributed by atoms with Crippen molar-refractivity contribution in [3.05, 3.63) is 35.4 Å². The molecule has 0 saturated carbocycles. The SMILES string of the molecule is CC(Cc1ccc(C(C)C)cc1)NC(=O)C1CCNCC1.Cl. The van der Waals surface area contributed by atoms with Gasteiger partial charge in [-0.15, -0.1) is 12.4 Å². The average molecular weight is 325 g/mol. The Morgan fingerprint density at radius 3 is 2.32 bits per heavy atom. The molecule has 2 rings (SSSR count). The van der Waals surface area contributed by atoms with E-state index in [2.05, 4.69) is 55.7 Å². The molecule has 1 atom stereocenters. The lowest BCUT2D eigenvalue weighted by Gasteiger charge is -2.24. The predicted molar refractivity (Wildman–Crippen MR) is 94.7 cm³/mol. The first kappa shape index (κ1) is 19.0. The zero-order valence-electron chi connectivity index (χ0n) is 13.9. The van der Waals surface area contributed by atoms with Crippen molar-refractivity contribution in [2.24, 2.45) is 5.92 Å². The molecule has 0 bridgehead atoms. The normalized spacial score (nSPS) is 16.9. The number of halogens is 1. The summed E-state index contributed by atoms with van der Waals surface area (Å²) in [5.41, 5.74) is 2.66. The van der Waals surface area contributed by atoms with Crippen LogP contribution in [0.4, 0.5) is 0 Å². The lowest BCUT2D eigenvalue weighted by molar-refractivity contribution is -0.126. The van der Waals surface area contributed by atoms with Crippen LogP contribution in [0.15, 0.2) is 24.3 Å². The third-order valence-electron chi connectivity index (χ3n) is 4.29. The fourth-order valence-corrected chi connectivity index (χ4v) is 2.89. The van der Waals surface area contributed by atoms with E-state index in [1.807, 2.05) is 0 Å². The summed E-state index contributed by atoms with van der Waals surface area (Å²) in [4.78, 5) is 12.2. The Kier molecular flexibility index (Phi) is 7.91. The number of benzene rings is 1. The van der Waals surface area contributed by atoms with Crippen LogP contribution in [0.25, 0.3) is 0 Å². The summed E-state index contributed by atoms with van der Waals surface area (Å²) >= 11 is 0. The third kappa shape index (κ3) is 5.62. The molecule has 22 heavy (non-hydrogen) atoms. The van der Waals surface area contributed by atoms with E-state index in [0.717, 1.165) is 32.4 Å². The van der Waals surface area contributed by atoms with Crippen molar-refractivity contribution in [2.45, 2.75) is 52.0 Å². The Morgan fingerprint density at radius 1 is 1.18 bits per heavy atom. The molecule has 1 amide bonds. The zero-order chi connectivity index (χ0) is 15.2. The summed E-state index contributed by atoms with van der Waals surface area (Å²) in [6, 6.07) is 8.95. The monoisotopic (exact) mass is 324 g/mol. The van der Waals surface area contributed by atoms with E-state index in [9.17, 15) is 4.79 Å². The number of amides is 1. The van der Waals surface area contributed by atoms with Gasteiger partial charge < -0.3 is 10.6 Å². The molecule has 3 nitrogen and oxygen atoms in total. The summed E-state index contributed by atoms with van der Waals surface area (Å²) in [5, 5.41) is 6.47. The molecule has 1 fully saturated rings. The first-order valence-electron chi connectivity index (χ1n) is 8.16. The van der Waals surface area contributed by atoms with E-state index >= 15 is 0 Å². The fourth-order valence-electron chi connectivity index (χ4n) is 2.89. The molecule has 0 aromatic heterocycles. The summed E-state index contributed by atoms with van der Waals surface area (Å²) in [6.45, 7) is 8.43. The van der Waals surface area contributed by atoms with Gasteiger partial charge in [-0.25, -0.2) is 0 Å². The van der Waals surface area contributed by atoms with Crippen molar-refractivity contribution in [1.82, 2.24) is 10.6 Å². The van der Waals surface area contributed by atoms with E-state index in [4.69, 9.17) is 0 Å². The molecule has 2 N–H and O–H groups in total. The molecular formula is C18H29ClN2O. The van der Waals surface area contributed by atoms with Crippen LogP contribution in [0, 0.1) is 5.92 Å². The van der Waals surface area contributed by atoms with Crippen LogP contribution in [0.2, 0.25) is 0 Å². The smallest absolute Gasteiger partial charge is 0.223 e. The molecule has 0 spiro atoms. The molecule has 4 heteroatoms. The Labute approximate surface area is 140 Å². The van der Waals surface area contributed by atoms with Gasteiger partial charge in [-0.2, -0.15) is 0 Å². The second-order valence-corrected chi connectivity index (χ2v) is 6.53. The van der Waals surface area contributed by atoms with Gasteiger partial charge in [-0.3, -0.25) is 4.79 Å². The first-order valence-corrected chi connectivity index (χ1v) is 8.16. The van der Waals surface area contributed by atoms with Crippen molar-refractivity contribution >= 4 is 18.3 Å². The minimum absolute atomic E-state index is 0. The van der Waals surface area contributed by atoms with Crippen molar-refractivity contribution in [1.29, 1.82) is 0 Å². The quantitative estimate of drug-likeness (QED) is 0.872. The summed E-state index contributed by atoms with van der Waals surface area (Å²) in [6.07, 6.45) is 2.82. The standard InChI is InChI=1S/C18H28N2O.ClH/c1-13(2)16-6-4-15(5-7-16)12-14(3)20-18(21)17-8-10-19-11-9-17;/h4-7,13-14,17,19H,8-12H2,1-3H3,(H,20,21);1H. The average Bonchev–Trinajstić information content (AvgIpc) is 2.48. The molecule has 0 aliphatic carbocycles. The molecular weight excluding hydrogens is 296 g/mol. The van der Waals surface area contributed by atoms with Gasteiger partial charge in [-0.05, 0) is 56.3 Å². The Balaban J connectivity index is 0.00000242. The summed E-state index contributed by atoms with van der Waals surface area (Å²) in [7, 11) is 0. The van der Waals surface area contributed by atoms with Crippen LogP contribution in [-0.4, -0.2) is 25.0 Å². The van der Waals surface area contributed by atoms with Crippen molar-refractivity contribution in [3.8, 4) is 0 Å². The predicted octanol–water partition coefficient (Wildman–Crippen LogP) is 3.28. The largest absolute Gasteiger partial charge is 0.353 e. The van der Waals surface area contributed by atoms with Gasteiger partial charge in [0.05, 0.1) is 0 Å². The van der Waals surface area contributed by atoms with Gasteiger partial charge >= 0.3 is 0 Å². The van der Waals surface area contributed by atoms with Gasteiger partial charge in [0.2, 0.25) is 5.91 Å². The van der Waals surface area contributed by atoms with Gasteiger partial charge in [0.25, 0.3) is 0 Å². The Hall–Kier alpha value is -1.06. The van der Waals surface area contributed by atoms with Gasteiger partial charge in [0.15, 0.2) is 0 Å². The van der Waals surface area contributed by atoms with Crippen LogP contribution in [0.5, 0.6) is 0 Å². The van der Waals surface area contributed by atoms with E-state index in [1.54, 1.807) is 0 Å². The lowest BCUT2D eigenvalue weighted by Crippen LogP contribution is -2.42. The van der Waals surface area contributed by atoms with E-state index < -0.39 is 0 Å². The first-order chi connectivity index (χ1) is 10.1. The maximum atomic E-state index is 12.2. The molecule has 1 aliphatic rings. The number of hydrogen-bond donors (Lipinski definition) is 2. The Bertz CT molecular complexity index is 453. The van der Waals surface area contributed by atoms with Crippen LogP contribution in [0.3, 0.4) is 0 Å². The van der Waals surface area contributed by atoms with Crippen molar-refractivity contribution in [3.63, 3.8) is 0 Å². The molecule has 1 unspecified atom stereocenters. The maximum Gasteiger partial charge on any atom is 0.223 e. The maximum absolute atomic E-state index is 12.2. The van der Waals surface area contributed by atoms with Gasteiger partial charge in [0.1, 0.15) is 0 Å². The molecule has 0 radical (unpaired) electrons. The fraction of sp³-hybridized carbons (Fsp3) is 0.611. The molecule has 1 aliphatic heterocycles. The Morgan fingerprint density at radius 2 is 1.77 bits per heavy atom. The van der Waals surface area contributed by atoms with Crippen LogP contribution >= 0.6 is 12.4 Å². The highest BCUT2D eigenvalue weighted by molar-refractivity contribution is 5.85. The number of hydrogen-bond acceptors (Lipinski definition) is 2. The van der Waals surface area contributed by atoms with E-state index in [1.165, 1.54) is 11.1 Å². The van der Waals surface area contributed by atoms with E-state index in [-0.39, 0.29) is 30.3 Å². The summed E-state index contributed by atoms with van der Waals surface area (Å²) in [5.74, 6) is 0.982. The van der Waals surface area contributed by atoms with Crippen LogP contribution in [0.1, 0.15) is 50.7 Å². The number of carbonyl (C=O) groups excluding carboxylic acids is 1. The molecule has 1 saturated heterocycles. The van der Waals surface area contributed by atoms with E-state index in [0.29, 0.717) is 5.92 Å². The van der Waals surface area contributed by atoms with Gasteiger partial charge in [0, 0.05) is 12.0 Å². The third-order valence-corrected chi connectivity index (χ3v) is 4.29. The highest BCUT2D eigenvalue weighted by atomic mass is 35.5. The minimum Gasteiger partial charge on any atom is -0.353 e. The molecule has 1 heterocycles. The van der Waals surface area contributed by atoms with Crippen molar-refractivity contribution in [2.75, 3.05) is 13.1 Å².